The highest BCUT2D eigenvalue weighted by Gasteiger charge is 2.17. The van der Waals surface area contributed by atoms with Crippen LogP contribution in [-0.2, 0) is 0 Å². The highest BCUT2D eigenvalue weighted by Crippen LogP contribution is 2.27. The molecule has 1 N–H and O–H groups in total. The van der Waals surface area contributed by atoms with E-state index in [1.165, 1.54) is 22.9 Å². The Hall–Kier alpha value is -1.58. The number of hydrogen-bond acceptors (Lipinski definition) is 3. The second kappa shape index (κ2) is 6.25. The predicted molar refractivity (Wildman–Crippen MR) is 86.0 cm³/mol. The van der Waals surface area contributed by atoms with Crippen LogP contribution in [-0.4, -0.2) is 37.7 Å². The maximum absolute atomic E-state index is 3.49. The Bertz CT molecular complexity index is 554. The van der Waals surface area contributed by atoms with Crippen molar-refractivity contribution < 1.29 is 0 Å². The van der Waals surface area contributed by atoms with Gasteiger partial charge in [0.15, 0.2) is 0 Å². The molecular formula is C17H23N3. The summed E-state index contributed by atoms with van der Waals surface area (Å²) in [6.07, 6.45) is 1.18. The summed E-state index contributed by atoms with van der Waals surface area (Å²) in [7, 11) is 0. The lowest BCUT2D eigenvalue weighted by molar-refractivity contribution is 0.177. The lowest BCUT2D eigenvalue weighted by Gasteiger charge is -2.36. The molecular weight excluding hydrogens is 246 g/mol. The van der Waals surface area contributed by atoms with Crippen LogP contribution in [0.25, 0.3) is 10.8 Å². The Morgan fingerprint density at radius 2 is 1.70 bits per heavy atom. The van der Waals surface area contributed by atoms with Gasteiger partial charge in [0.25, 0.3) is 0 Å². The van der Waals surface area contributed by atoms with E-state index in [0.717, 1.165) is 32.7 Å². The van der Waals surface area contributed by atoms with Crippen molar-refractivity contribution in [3.8, 4) is 0 Å². The summed E-state index contributed by atoms with van der Waals surface area (Å²) in [5.74, 6) is 0. The molecule has 3 rings (SSSR count). The lowest BCUT2D eigenvalue weighted by Crippen LogP contribution is -2.52. The molecule has 1 aliphatic rings. The molecule has 0 aliphatic carbocycles. The summed E-state index contributed by atoms with van der Waals surface area (Å²) in [5.41, 5.74) is 4.86. The van der Waals surface area contributed by atoms with E-state index >= 15 is 0 Å². The van der Waals surface area contributed by atoms with Crippen molar-refractivity contribution in [2.75, 3.05) is 37.6 Å². The summed E-state index contributed by atoms with van der Waals surface area (Å²) in [6, 6.07) is 15.3. The van der Waals surface area contributed by atoms with Crippen LogP contribution >= 0.6 is 0 Å². The lowest BCUT2D eigenvalue weighted by atomic mass is 10.1. The van der Waals surface area contributed by atoms with Gasteiger partial charge in [-0.2, -0.15) is 0 Å². The van der Waals surface area contributed by atoms with Crippen molar-refractivity contribution in [3.05, 3.63) is 42.5 Å². The number of nitrogens with one attached hydrogen (secondary N) is 1. The van der Waals surface area contributed by atoms with Gasteiger partial charge in [-0.25, -0.2) is 5.01 Å². The second-order valence-corrected chi connectivity index (χ2v) is 5.38. The number of hydrogen-bond donors (Lipinski definition) is 1. The Morgan fingerprint density at radius 1 is 0.950 bits per heavy atom. The first-order chi connectivity index (χ1) is 9.88. The van der Waals surface area contributed by atoms with Gasteiger partial charge >= 0.3 is 0 Å². The normalized spacial score (nSPS) is 16.8. The Morgan fingerprint density at radius 3 is 2.50 bits per heavy atom. The molecule has 0 spiro atoms. The molecule has 2 aromatic carbocycles. The molecule has 1 fully saturated rings. The highest BCUT2D eigenvalue weighted by atomic mass is 15.5. The van der Waals surface area contributed by atoms with Crippen molar-refractivity contribution in [2.45, 2.75) is 13.3 Å². The number of rotatable bonds is 4. The van der Waals surface area contributed by atoms with Crippen LogP contribution in [0.2, 0.25) is 0 Å². The van der Waals surface area contributed by atoms with E-state index in [-0.39, 0.29) is 0 Å². The molecule has 20 heavy (non-hydrogen) atoms. The molecule has 0 aromatic heterocycles. The van der Waals surface area contributed by atoms with E-state index in [0.29, 0.717) is 0 Å². The summed E-state index contributed by atoms with van der Waals surface area (Å²) in [5, 5.41) is 5.05. The molecule has 1 saturated heterocycles. The third-order valence-electron chi connectivity index (χ3n) is 3.97. The number of nitrogens with zero attached hydrogens (tertiary/aromatic N) is 2. The molecule has 3 nitrogen and oxygen atoms in total. The van der Waals surface area contributed by atoms with Gasteiger partial charge in [0.05, 0.1) is 0 Å². The minimum atomic E-state index is 1.08. The van der Waals surface area contributed by atoms with E-state index < -0.39 is 0 Å². The van der Waals surface area contributed by atoms with Crippen molar-refractivity contribution in [3.63, 3.8) is 0 Å². The van der Waals surface area contributed by atoms with Crippen LogP contribution in [0, 0.1) is 0 Å². The van der Waals surface area contributed by atoms with Crippen molar-refractivity contribution in [1.82, 2.24) is 10.4 Å². The third kappa shape index (κ3) is 2.79. The summed E-state index contributed by atoms with van der Waals surface area (Å²) in [4.78, 5) is 2.51. The number of benzene rings is 2. The van der Waals surface area contributed by atoms with Gasteiger partial charge in [-0.1, -0.05) is 43.3 Å². The van der Waals surface area contributed by atoms with Gasteiger partial charge in [-0.15, -0.1) is 0 Å². The van der Waals surface area contributed by atoms with Crippen LogP contribution in [0.1, 0.15) is 13.3 Å². The minimum Gasteiger partial charge on any atom is -0.368 e. The van der Waals surface area contributed by atoms with Crippen LogP contribution in [0.4, 0.5) is 5.69 Å². The van der Waals surface area contributed by atoms with E-state index in [4.69, 9.17) is 0 Å². The van der Waals surface area contributed by atoms with Crippen molar-refractivity contribution in [1.29, 1.82) is 0 Å². The summed E-state index contributed by atoms with van der Waals surface area (Å²) in [6.45, 7) is 7.63. The molecule has 0 radical (unpaired) electrons. The maximum atomic E-state index is 3.49. The van der Waals surface area contributed by atoms with E-state index in [1.54, 1.807) is 0 Å². The molecule has 1 aliphatic heterocycles. The second-order valence-electron chi connectivity index (χ2n) is 5.38. The molecule has 1 heterocycles. The zero-order chi connectivity index (χ0) is 13.8. The molecule has 106 valence electrons. The molecule has 0 atom stereocenters. The summed E-state index contributed by atoms with van der Waals surface area (Å²) < 4.78 is 0. The fraction of sp³-hybridized carbons (Fsp3) is 0.412. The van der Waals surface area contributed by atoms with Crippen LogP contribution in [0.3, 0.4) is 0 Å². The molecule has 3 heteroatoms. The van der Waals surface area contributed by atoms with Crippen LogP contribution in [0.15, 0.2) is 42.5 Å². The predicted octanol–water partition coefficient (Wildman–Crippen LogP) is 2.88. The van der Waals surface area contributed by atoms with Gasteiger partial charge in [0.1, 0.15) is 0 Å². The van der Waals surface area contributed by atoms with E-state index in [1.807, 2.05) is 0 Å². The fourth-order valence-corrected chi connectivity index (χ4v) is 2.86. The van der Waals surface area contributed by atoms with Gasteiger partial charge in [-0.05, 0) is 17.9 Å². The average Bonchev–Trinajstić information content (AvgIpc) is 2.53. The fourth-order valence-electron chi connectivity index (χ4n) is 2.86. The molecule has 0 saturated carbocycles. The number of hydrazine groups is 1. The van der Waals surface area contributed by atoms with Crippen LogP contribution in [0.5, 0.6) is 0 Å². The Kier molecular flexibility index (Phi) is 4.19. The first-order valence-electron chi connectivity index (χ1n) is 7.59. The molecule has 0 unspecified atom stereocenters. The molecule has 0 amide bonds. The molecule has 2 aromatic rings. The van der Waals surface area contributed by atoms with Gasteiger partial charge < -0.3 is 4.90 Å². The van der Waals surface area contributed by atoms with Crippen LogP contribution < -0.4 is 10.3 Å². The quantitative estimate of drug-likeness (QED) is 0.921. The monoisotopic (exact) mass is 269 g/mol. The van der Waals surface area contributed by atoms with E-state index in [2.05, 4.69) is 64.7 Å². The van der Waals surface area contributed by atoms with E-state index in [9.17, 15) is 0 Å². The zero-order valence-electron chi connectivity index (χ0n) is 12.2. The number of anilines is 1. The Labute approximate surface area is 121 Å². The SMILES string of the molecule is CCCNN1CCN(c2cccc3ccccc23)CC1. The number of piperazine rings is 1. The summed E-state index contributed by atoms with van der Waals surface area (Å²) >= 11 is 0. The van der Waals surface area contributed by atoms with Gasteiger partial charge in [0, 0.05) is 43.8 Å². The zero-order valence-corrected chi connectivity index (χ0v) is 12.2. The third-order valence-corrected chi connectivity index (χ3v) is 3.97. The van der Waals surface area contributed by atoms with Crippen molar-refractivity contribution in [2.24, 2.45) is 0 Å². The largest absolute Gasteiger partial charge is 0.368 e. The molecule has 0 bridgehead atoms. The highest BCUT2D eigenvalue weighted by molar-refractivity contribution is 5.94. The number of fused-ring (bicyclic) bond motifs is 1. The minimum absolute atomic E-state index is 1.08. The van der Waals surface area contributed by atoms with Gasteiger partial charge in [0.2, 0.25) is 0 Å². The van der Waals surface area contributed by atoms with Crippen molar-refractivity contribution >= 4 is 16.5 Å². The van der Waals surface area contributed by atoms with Gasteiger partial charge in [-0.3, -0.25) is 5.43 Å². The topological polar surface area (TPSA) is 18.5 Å². The average molecular weight is 269 g/mol. The smallest absolute Gasteiger partial charge is 0.0446 e. The first kappa shape index (κ1) is 13.4. The first-order valence-corrected chi connectivity index (χ1v) is 7.59. The Balaban J connectivity index is 1.74. The maximum Gasteiger partial charge on any atom is 0.0446 e. The standard InChI is InChI=1S/C17H23N3/c1-2-10-18-20-13-11-19(12-14-20)17-9-5-7-15-6-3-4-8-16(15)17/h3-9,18H,2,10-14H2,1H3.